The Morgan fingerprint density at radius 1 is 1.13 bits per heavy atom. The Bertz CT molecular complexity index is 1850. The first-order chi connectivity index (χ1) is 25.5. The van der Waals surface area contributed by atoms with Crippen LogP contribution in [0.5, 0.6) is 0 Å². The van der Waals surface area contributed by atoms with Crippen molar-refractivity contribution < 1.29 is 33.8 Å². The Labute approximate surface area is 317 Å². The highest BCUT2D eigenvalue weighted by Gasteiger charge is 2.77. The maximum atomic E-state index is 15.0. The van der Waals surface area contributed by atoms with Crippen molar-refractivity contribution in [3.05, 3.63) is 85.5 Å². The minimum absolute atomic E-state index is 0.0118. The number of likely N-dealkylation sites (tertiary alicyclic amines) is 1. The van der Waals surface area contributed by atoms with Gasteiger partial charge in [0, 0.05) is 17.8 Å². The Hall–Kier alpha value is -4.40. The summed E-state index contributed by atoms with van der Waals surface area (Å²) in [6, 6.07) is 14.0. The number of allylic oxidation sites excluding steroid dienone is 1. The van der Waals surface area contributed by atoms with Gasteiger partial charge in [0.1, 0.15) is 29.9 Å². The predicted octanol–water partition coefficient (Wildman–Crippen LogP) is 3.92. The standard InChI is InChI=1S/C39H47BrN6O7/c1-6-8-18-30(48)41-24(5)33(25-14-10-9-11-15-25)52-38(51)31-32-36(49)46(29(21-47)23(3)4)35(39(32)20-26(40)34(31)53-39)37(50)44(19-7-2)22-45-28-17-13-12-16-27(28)42-43-45/h6-7,9-17,23-24,26,29,31-35,47H,1-2,8,18-22H2,3-5H3,(H,41,48)/t24-,26?,29-,31-,32+,33-,34-,35-,39+/m0/s1. The topological polar surface area (TPSA) is 156 Å². The van der Waals surface area contributed by atoms with E-state index in [4.69, 9.17) is 9.47 Å². The molecule has 3 fully saturated rings. The van der Waals surface area contributed by atoms with Gasteiger partial charge in [-0.3, -0.25) is 19.2 Å². The molecule has 2 N–H and O–H groups in total. The predicted molar refractivity (Wildman–Crippen MR) is 200 cm³/mol. The minimum Gasteiger partial charge on any atom is -0.455 e. The molecule has 282 valence electrons. The minimum atomic E-state index is -1.41. The van der Waals surface area contributed by atoms with Gasteiger partial charge in [-0.2, -0.15) is 0 Å². The average molecular weight is 792 g/mol. The summed E-state index contributed by atoms with van der Waals surface area (Å²) in [4.78, 5) is 59.7. The molecule has 0 aliphatic carbocycles. The van der Waals surface area contributed by atoms with Gasteiger partial charge in [-0.15, -0.1) is 18.3 Å². The van der Waals surface area contributed by atoms with Gasteiger partial charge in [-0.05, 0) is 43.4 Å². The fraction of sp³-hybridized carbons (Fsp3) is 0.487. The van der Waals surface area contributed by atoms with E-state index in [1.807, 2.05) is 68.4 Å². The number of benzene rings is 2. The molecule has 1 spiro atoms. The second-order valence-corrected chi connectivity index (χ2v) is 15.6. The van der Waals surface area contributed by atoms with E-state index in [1.54, 1.807) is 28.7 Å². The number of alkyl halides is 1. The average Bonchev–Trinajstić information content (AvgIpc) is 3.87. The van der Waals surface area contributed by atoms with E-state index in [1.165, 1.54) is 4.90 Å². The number of nitrogens with zero attached hydrogens (tertiary/aromatic N) is 5. The number of hydrogen-bond acceptors (Lipinski definition) is 9. The first-order valence-corrected chi connectivity index (χ1v) is 19.0. The summed E-state index contributed by atoms with van der Waals surface area (Å²) < 4.78 is 14.6. The molecule has 14 heteroatoms. The summed E-state index contributed by atoms with van der Waals surface area (Å²) in [5, 5.41) is 22.2. The van der Waals surface area contributed by atoms with E-state index in [0.29, 0.717) is 17.5 Å². The molecule has 0 saturated carbocycles. The number of aliphatic hydroxyl groups excluding tert-OH is 1. The molecule has 53 heavy (non-hydrogen) atoms. The quantitative estimate of drug-likeness (QED) is 0.125. The molecule has 3 amide bonds. The third-order valence-electron chi connectivity index (χ3n) is 10.7. The summed E-state index contributed by atoms with van der Waals surface area (Å²) in [7, 11) is 0. The lowest BCUT2D eigenvalue weighted by Gasteiger charge is -2.40. The number of para-hydroxylation sites is 1. The monoisotopic (exact) mass is 790 g/mol. The van der Waals surface area contributed by atoms with E-state index in [2.05, 4.69) is 44.7 Å². The van der Waals surface area contributed by atoms with Crippen molar-refractivity contribution in [2.45, 2.75) is 87.5 Å². The molecule has 1 aromatic heterocycles. The van der Waals surface area contributed by atoms with Crippen molar-refractivity contribution in [3.63, 3.8) is 0 Å². The molecule has 2 aromatic carbocycles. The van der Waals surface area contributed by atoms with Gasteiger partial charge in [-0.25, -0.2) is 4.68 Å². The maximum Gasteiger partial charge on any atom is 0.313 e. The number of esters is 1. The molecule has 4 heterocycles. The number of rotatable bonds is 16. The van der Waals surface area contributed by atoms with Crippen LogP contribution in [0, 0.1) is 17.8 Å². The zero-order valence-electron chi connectivity index (χ0n) is 30.2. The Morgan fingerprint density at radius 3 is 2.53 bits per heavy atom. The second-order valence-electron chi connectivity index (χ2n) is 14.4. The normalized spacial score (nSPS) is 26.3. The van der Waals surface area contributed by atoms with E-state index in [-0.39, 0.29) is 42.7 Å². The van der Waals surface area contributed by atoms with Crippen LogP contribution in [-0.2, 0) is 35.3 Å². The van der Waals surface area contributed by atoms with Gasteiger partial charge >= 0.3 is 5.97 Å². The smallest absolute Gasteiger partial charge is 0.313 e. The van der Waals surface area contributed by atoms with Gasteiger partial charge < -0.3 is 29.7 Å². The third kappa shape index (κ3) is 7.04. The number of carbonyl (C=O) groups is 4. The summed E-state index contributed by atoms with van der Waals surface area (Å²) in [6.45, 7) is 12.8. The van der Waals surface area contributed by atoms with Crippen LogP contribution in [-0.4, -0.2) is 101 Å². The fourth-order valence-electron chi connectivity index (χ4n) is 8.26. The first-order valence-electron chi connectivity index (χ1n) is 18.1. The van der Waals surface area contributed by atoms with Crippen LogP contribution in [0.15, 0.2) is 79.9 Å². The highest BCUT2D eigenvalue weighted by molar-refractivity contribution is 9.09. The summed E-state index contributed by atoms with van der Waals surface area (Å²) in [5.41, 5.74) is 0.645. The largest absolute Gasteiger partial charge is 0.455 e. The maximum absolute atomic E-state index is 15.0. The van der Waals surface area contributed by atoms with Crippen molar-refractivity contribution >= 4 is 50.7 Å². The zero-order chi connectivity index (χ0) is 38.0. The molecule has 3 saturated heterocycles. The lowest BCUT2D eigenvalue weighted by molar-refractivity contribution is -0.163. The van der Waals surface area contributed by atoms with E-state index >= 15 is 4.79 Å². The van der Waals surface area contributed by atoms with Gasteiger partial charge in [0.2, 0.25) is 17.7 Å². The lowest BCUT2D eigenvalue weighted by atomic mass is 9.70. The molecule has 9 atom stereocenters. The number of amides is 3. The van der Waals surface area contributed by atoms with E-state index in [9.17, 15) is 19.5 Å². The molecule has 13 nitrogen and oxygen atoms in total. The molecule has 3 aliphatic rings. The molecule has 2 bridgehead atoms. The first kappa shape index (κ1) is 38.3. The fourth-order valence-corrected chi connectivity index (χ4v) is 9.21. The number of hydrogen-bond donors (Lipinski definition) is 2. The van der Waals surface area contributed by atoms with E-state index < -0.39 is 72.2 Å². The highest BCUT2D eigenvalue weighted by atomic mass is 79.9. The molecule has 1 unspecified atom stereocenters. The number of fused-ring (bicyclic) bond motifs is 2. The van der Waals surface area contributed by atoms with Crippen LogP contribution >= 0.6 is 15.9 Å². The van der Waals surface area contributed by atoms with Gasteiger partial charge in [-0.1, -0.05) is 89.6 Å². The molecule has 3 aromatic rings. The molecule has 6 rings (SSSR count). The number of ether oxygens (including phenoxy) is 2. The van der Waals surface area contributed by atoms with Crippen LogP contribution in [0.3, 0.4) is 0 Å². The van der Waals surface area contributed by atoms with Crippen molar-refractivity contribution in [2.75, 3.05) is 13.2 Å². The summed E-state index contributed by atoms with van der Waals surface area (Å²) in [5.74, 6) is -4.14. The van der Waals surface area contributed by atoms with Crippen LogP contribution < -0.4 is 5.32 Å². The zero-order valence-corrected chi connectivity index (χ0v) is 31.8. The number of aliphatic hydroxyl groups is 1. The Morgan fingerprint density at radius 2 is 1.85 bits per heavy atom. The number of carbonyl (C=O) groups excluding carboxylic acids is 4. The van der Waals surface area contributed by atoms with Crippen molar-refractivity contribution in [2.24, 2.45) is 17.8 Å². The summed E-state index contributed by atoms with van der Waals surface area (Å²) in [6.07, 6.45) is 2.60. The molecular weight excluding hydrogens is 744 g/mol. The molecule has 3 aliphatic heterocycles. The van der Waals surface area contributed by atoms with Crippen molar-refractivity contribution in [3.8, 4) is 0 Å². The lowest BCUT2D eigenvalue weighted by Crippen LogP contribution is -2.60. The Kier molecular flexibility index (Phi) is 11.5. The third-order valence-corrected chi connectivity index (χ3v) is 11.6. The van der Waals surface area contributed by atoms with Crippen LogP contribution in [0.2, 0.25) is 0 Å². The van der Waals surface area contributed by atoms with Gasteiger partial charge in [0.15, 0.2) is 0 Å². The van der Waals surface area contributed by atoms with Gasteiger partial charge in [0.05, 0.1) is 42.1 Å². The second kappa shape index (κ2) is 15.9. The van der Waals surface area contributed by atoms with Crippen LogP contribution in [0.4, 0.5) is 0 Å². The molecule has 0 radical (unpaired) electrons. The van der Waals surface area contributed by atoms with Crippen LogP contribution in [0.1, 0.15) is 51.7 Å². The number of halogens is 1. The Balaban J connectivity index is 1.36. The van der Waals surface area contributed by atoms with Gasteiger partial charge in [0.25, 0.3) is 0 Å². The van der Waals surface area contributed by atoms with E-state index in [0.717, 1.165) is 5.52 Å². The SMILES string of the molecule is C=CCCC(=O)N[C@@H](C)[C@H](OC(=O)[C@@H]1[C@H]2O[C@@]3(CC2Br)[C@H](C(=O)N(CC=C)Cn2nnc4ccccc42)N([C@@H](CO)C(C)C)C(=O)[C@@H]13)c1ccccc1. The highest BCUT2D eigenvalue weighted by Crippen LogP contribution is 2.61. The van der Waals surface area contributed by atoms with Crippen molar-refractivity contribution in [1.29, 1.82) is 0 Å². The number of nitrogens with one attached hydrogen (secondary N) is 1. The van der Waals surface area contributed by atoms with Crippen LogP contribution in [0.25, 0.3) is 11.0 Å². The summed E-state index contributed by atoms with van der Waals surface area (Å²) >= 11 is 3.73. The van der Waals surface area contributed by atoms with Crippen molar-refractivity contribution in [1.82, 2.24) is 30.1 Å². The number of aromatic nitrogens is 3. The molecular formula is C39H47BrN6O7.